The molecule has 0 bridgehead atoms. The quantitative estimate of drug-likeness (QED) is 0.530. The Morgan fingerprint density at radius 2 is 2.00 bits per heavy atom. The van der Waals surface area contributed by atoms with E-state index in [1.54, 1.807) is 0 Å². The van der Waals surface area contributed by atoms with E-state index < -0.39 is 0 Å². The molecule has 0 amide bonds. The van der Waals surface area contributed by atoms with Crippen molar-refractivity contribution in [2.45, 2.75) is 6.92 Å². The monoisotopic (exact) mass is 159 g/mol. The Morgan fingerprint density at radius 3 is 2.83 bits per heavy atom. The van der Waals surface area contributed by atoms with Gasteiger partial charge in [0.2, 0.25) is 0 Å². The second-order valence-electron chi connectivity index (χ2n) is 2.92. The standard InChI is InChI=1S/C10H11N2/c1-8-11-7-9-5-3-4-6-10(9)12(8)2/h3-7H,1-2H3/q+1. The van der Waals surface area contributed by atoms with Crippen molar-refractivity contribution in [1.29, 1.82) is 0 Å². The molecular weight excluding hydrogens is 148 g/mol. The number of aromatic nitrogens is 2. The van der Waals surface area contributed by atoms with E-state index in [0.29, 0.717) is 0 Å². The fourth-order valence-corrected chi connectivity index (χ4v) is 1.33. The predicted octanol–water partition coefficient (Wildman–Crippen LogP) is 1.37. The highest BCUT2D eigenvalue weighted by molar-refractivity contribution is 5.74. The van der Waals surface area contributed by atoms with Crippen molar-refractivity contribution in [3.8, 4) is 0 Å². The maximum Gasteiger partial charge on any atom is 0.295 e. The maximum atomic E-state index is 4.27. The SMILES string of the molecule is Cc1ncc2ccccc2[n+]1C. The lowest BCUT2D eigenvalue weighted by Gasteiger charge is -1.97. The summed E-state index contributed by atoms with van der Waals surface area (Å²) in [5.74, 6) is 1.04. The smallest absolute Gasteiger partial charge is 0.230 e. The fraction of sp³-hybridized carbons (Fsp3) is 0.200. The molecule has 0 N–H and O–H groups in total. The minimum absolute atomic E-state index is 1.04. The van der Waals surface area contributed by atoms with Crippen LogP contribution in [0.2, 0.25) is 0 Å². The van der Waals surface area contributed by atoms with Gasteiger partial charge in [-0.1, -0.05) is 17.1 Å². The molecule has 2 heteroatoms. The molecule has 2 nitrogen and oxygen atoms in total. The van der Waals surface area contributed by atoms with Gasteiger partial charge in [-0.25, -0.2) is 4.57 Å². The highest BCUT2D eigenvalue weighted by Gasteiger charge is 2.05. The second-order valence-corrected chi connectivity index (χ2v) is 2.92. The lowest BCUT2D eigenvalue weighted by atomic mass is 10.2. The Kier molecular flexibility index (Phi) is 1.54. The fourth-order valence-electron chi connectivity index (χ4n) is 1.33. The van der Waals surface area contributed by atoms with Crippen molar-refractivity contribution in [3.05, 3.63) is 36.3 Å². The van der Waals surface area contributed by atoms with Crippen LogP contribution < -0.4 is 4.57 Å². The molecule has 0 atom stereocenters. The third kappa shape index (κ3) is 0.961. The van der Waals surface area contributed by atoms with Crippen LogP contribution in [0.25, 0.3) is 10.9 Å². The minimum Gasteiger partial charge on any atom is -0.230 e. The molecule has 0 saturated carbocycles. The Morgan fingerprint density at radius 1 is 1.25 bits per heavy atom. The minimum atomic E-state index is 1.04. The summed E-state index contributed by atoms with van der Waals surface area (Å²) in [7, 11) is 2.03. The van der Waals surface area contributed by atoms with Gasteiger partial charge in [-0.15, -0.1) is 0 Å². The van der Waals surface area contributed by atoms with Crippen LogP contribution in [0.4, 0.5) is 0 Å². The summed E-state index contributed by atoms with van der Waals surface area (Å²) in [6.07, 6.45) is 1.91. The van der Waals surface area contributed by atoms with E-state index in [-0.39, 0.29) is 0 Å². The van der Waals surface area contributed by atoms with Gasteiger partial charge >= 0.3 is 0 Å². The number of hydrogen-bond acceptors (Lipinski definition) is 1. The van der Waals surface area contributed by atoms with Gasteiger partial charge < -0.3 is 0 Å². The molecule has 2 aromatic rings. The first kappa shape index (κ1) is 7.22. The number of aryl methyl sites for hydroxylation is 2. The molecule has 12 heavy (non-hydrogen) atoms. The normalized spacial score (nSPS) is 10.5. The number of nitrogens with zero attached hydrogens (tertiary/aromatic N) is 2. The second kappa shape index (κ2) is 2.55. The summed E-state index contributed by atoms with van der Waals surface area (Å²) in [6.45, 7) is 2.01. The van der Waals surface area contributed by atoms with E-state index >= 15 is 0 Å². The lowest BCUT2D eigenvalue weighted by molar-refractivity contribution is -0.654. The molecule has 0 radical (unpaired) electrons. The average Bonchev–Trinajstić information content (AvgIpc) is 2.12. The van der Waals surface area contributed by atoms with Crippen LogP contribution in [-0.4, -0.2) is 4.98 Å². The molecule has 60 valence electrons. The zero-order valence-electron chi connectivity index (χ0n) is 7.28. The summed E-state index contributed by atoms with van der Waals surface area (Å²) in [5, 5.41) is 1.19. The van der Waals surface area contributed by atoms with Crippen molar-refractivity contribution in [2.24, 2.45) is 7.05 Å². The van der Waals surface area contributed by atoms with Gasteiger partial charge in [0.05, 0.1) is 12.4 Å². The van der Waals surface area contributed by atoms with Crippen LogP contribution in [0.15, 0.2) is 30.5 Å². The van der Waals surface area contributed by atoms with Crippen molar-refractivity contribution in [1.82, 2.24) is 4.98 Å². The van der Waals surface area contributed by atoms with Crippen molar-refractivity contribution >= 4 is 10.9 Å². The maximum absolute atomic E-state index is 4.27. The van der Waals surface area contributed by atoms with E-state index in [2.05, 4.69) is 21.7 Å². The Balaban J connectivity index is 2.91. The summed E-state index contributed by atoms with van der Waals surface area (Å²) < 4.78 is 2.09. The Bertz CT molecular complexity index is 421. The molecule has 0 unspecified atom stereocenters. The van der Waals surface area contributed by atoms with Crippen LogP contribution >= 0.6 is 0 Å². The number of rotatable bonds is 0. The predicted molar refractivity (Wildman–Crippen MR) is 47.7 cm³/mol. The van der Waals surface area contributed by atoms with Crippen molar-refractivity contribution in [2.75, 3.05) is 0 Å². The summed E-state index contributed by atoms with van der Waals surface area (Å²) in [5.41, 5.74) is 1.23. The molecule has 0 fully saturated rings. The molecule has 0 aliphatic rings. The average molecular weight is 159 g/mol. The van der Waals surface area contributed by atoms with E-state index in [4.69, 9.17) is 0 Å². The van der Waals surface area contributed by atoms with Crippen molar-refractivity contribution < 1.29 is 4.57 Å². The third-order valence-corrected chi connectivity index (χ3v) is 2.17. The highest BCUT2D eigenvalue weighted by Crippen LogP contribution is 2.06. The lowest BCUT2D eigenvalue weighted by Crippen LogP contribution is -2.33. The first-order valence-corrected chi connectivity index (χ1v) is 3.99. The van der Waals surface area contributed by atoms with Gasteiger partial charge in [0.1, 0.15) is 5.52 Å². The summed E-state index contributed by atoms with van der Waals surface area (Å²) in [4.78, 5) is 4.27. The van der Waals surface area contributed by atoms with E-state index in [1.165, 1.54) is 10.9 Å². The van der Waals surface area contributed by atoms with E-state index in [0.717, 1.165) is 5.82 Å². The van der Waals surface area contributed by atoms with Crippen LogP contribution in [0, 0.1) is 6.92 Å². The van der Waals surface area contributed by atoms with Gasteiger partial charge in [-0.3, -0.25) is 0 Å². The number of para-hydroxylation sites is 1. The van der Waals surface area contributed by atoms with Gasteiger partial charge in [-0.05, 0) is 12.1 Å². The Hall–Kier alpha value is -1.44. The zero-order chi connectivity index (χ0) is 8.55. The van der Waals surface area contributed by atoms with E-state index in [1.807, 2.05) is 32.3 Å². The van der Waals surface area contributed by atoms with Crippen molar-refractivity contribution in [3.63, 3.8) is 0 Å². The first-order valence-electron chi connectivity index (χ1n) is 3.99. The highest BCUT2D eigenvalue weighted by atomic mass is 15.0. The topological polar surface area (TPSA) is 16.8 Å². The first-order chi connectivity index (χ1) is 5.79. The largest absolute Gasteiger partial charge is 0.295 e. The summed E-state index contributed by atoms with van der Waals surface area (Å²) >= 11 is 0. The van der Waals surface area contributed by atoms with Gasteiger partial charge in [0, 0.05) is 6.92 Å². The molecule has 1 aromatic heterocycles. The molecule has 0 spiro atoms. The number of hydrogen-bond donors (Lipinski definition) is 0. The molecular formula is C10H11N2+. The molecule has 0 saturated heterocycles. The molecule has 1 heterocycles. The molecule has 2 rings (SSSR count). The van der Waals surface area contributed by atoms with Crippen LogP contribution in [-0.2, 0) is 7.05 Å². The summed E-state index contributed by atoms with van der Waals surface area (Å²) in [6, 6.07) is 8.24. The molecule has 0 aliphatic heterocycles. The van der Waals surface area contributed by atoms with Crippen LogP contribution in [0.3, 0.4) is 0 Å². The van der Waals surface area contributed by atoms with Crippen LogP contribution in [0.5, 0.6) is 0 Å². The van der Waals surface area contributed by atoms with Gasteiger partial charge in [-0.2, -0.15) is 0 Å². The number of fused-ring (bicyclic) bond motifs is 1. The molecule has 1 aromatic carbocycles. The van der Waals surface area contributed by atoms with Crippen LogP contribution in [0.1, 0.15) is 5.82 Å². The van der Waals surface area contributed by atoms with E-state index in [9.17, 15) is 0 Å². The molecule has 0 aliphatic carbocycles. The number of benzene rings is 1. The Labute approximate surface area is 71.5 Å². The zero-order valence-corrected chi connectivity index (χ0v) is 7.28. The third-order valence-electron chi connectivity index (χ3n) is 2.17. The van der Waals surface area contributed by atoms with Gasteiger partial charge in [0.25, 0.3) is 5.82 Å². The van der Waals surface area contributed by atoms with Gasteiger partial charge in [0.15, 0.2) is 6.20 Å².